The molecule has 0 aliphatic rings. The van der Waals surface area contributed by atoms with Crippen molar-refractivity contribution in [1.82, 2.24) is 0 Å². The molecule has 0 bridgehead atoms. The highest BCUT2D eigenvalue weighted by Crippen LogP contribution is 2.50. The van der Waals surface area contributed by atoms with Crippen molar-refractivity contribution in [3.8, 4) is 77.9 Å². The van der Waals surface area contributed by atoms with Crippen LogP contribution in [0.4, 0.5) is 0 Å². The van der Waals surface area contributed by atoms with Crippen LogP contribution >= 0.6 is 0 Å². The van der Waals surface area contributed by atoms with E-state index in [9.17, 15) is 0 Å². The monoisotopic (exact) mass is 1100 g/mol. The van der Waals surface area contributed by atoms with Gasteiger partial charge < -0.3 is 4.42 Å². The summed E-state index contributed by atoms with van der Waals surface area (Å²) in [6.45, 7) is 0. The molecule has 17 aromatic carbocycles. The van der Waals surface area contributed by atoms with Gasteiger partial charge in [-0.25, -0.2) is 0 Å². The van der Waals surface area contributed by atoms with Gasteiger partial charge in [0.2, 0.25) is 0 Å². The van der Waals surface area contributed by atoms with Crippen LogP contribution in [0.1, 0.15) is 0 Å². The summed E-state index contributed by atoms with van der Waals surface area (Å²) < 4.78 is 6.64. The maximum atomic E-state index is 6.64. The van der Waals surface area contributed by atoms with Crippen molar-refractivity contribution in [2.45, 2.75) is 0 Å². The van der Waals surface area contributed by atoms with Gasteiger partial charge in [0.1, 0.15) is 11.2 Å². The highest BCUT2D eigenvalue weighted by molar-refractivity contribution is 6.27. The van der Waals surface area contributed by atoms with Crippen LogP contribution in [0.15, 0.2) is 320 Å². The predicted molar refractivity (Wildman–Crippen MR) is 372 cm³/mol. The SMILES string of the molecule is c1ccc(-c2ccccc2-c2c3ccccc3c(-c3cccc4c3ccc3cc5cc(-c6ccc7oc8ccc(-c9c%10ccccc%10c(-c%10cccc(-c%11cccc%12ccccc%11%12)c%10)c%10ccccc9%10)cc8c7c6)ccc5cc34)c3ccccc23)cc1. The Morgan fingerprint density at radius 3 is 1.26 bits per heavy atom. The second-order valence-corrected chi connectivity index (χ2v) is 23.3. The molecular formula is C86H52O. The molecule has 0 unspecified atom stereocenters. The topological polar surface area (TPSA) is 13.1 Å². The van der Waals surface area contributed by atoms with Crippen molar-refractivity contribution < 1.29 is 4.42 Å². The number of fused-ring (bicyclic) bond motifs is 12. The third-order valence-electron chi connectivity index (χ3n) is 18.6. The van der Waals surface area contributed by atoms with Crippen LogP contribution in [0, 0.1) is 0 Å². The zero-order valence-electron chi connectivity index (χ0n) is 47.4. The fraction of sp³-hybridized carbons (Fsp3) is 0. The van der Waals surface area contributed by atoms with E-state index in [0.717, 1.165) is 33.1 Å². The van der Waals surface area contributed by atoms with Gasteiger partial charge in [0.15, 0.2) is 0 Å². The molecule has 0 amide bonds. The lowest BCUT2D eigenvalue weighted by molar-refractivity contribution is 0.669. The molecule has 1 heteroatoms. The predicted octanol–water partition coefficient (Wildman–Crippen LogP) is 24.5. The maximum Gasteiger partial charge on any atom is 0.135 e. The van der Waals surface area contributed by atoms with Crippen LogP contribution < -0.4 is 0 Å². The molecule has 0 N–H and O–H groups in total. The van der Waals surface area contributed by atoms with Crippen LogP contribution in [0.3, 0.4) is 0 Å². The molecule has 18 aromatic rings. The lowest BCUT2D eigenvalue weighted by Gasteiger charge is -2.20. The van der Waals surface area contributed by atoms with Crippen LogP contribution in [0.5, 0.6) is 0 Å². The van der Waals surface area contributed by atoms with Crippen molar-refractivity contribution in [2.24, 2.45) is 0 Å². The second-order valence-electron chi connectivity index (χ2n) is 23.3. The summed E-state index contributed by atoms with van der Waals surface area (Å²) in [4.78, 5) is 0. The zero-order chi connectivity index (χ0) is 57.1. The molecule has 0 saturated carbocycles. The molecule has 0 atom stereocenters. The molecule has 1 aromatic heterocycles. The Morgan fingerprint density at radius 2 is 0.586 bits per heavy atom. The van der Waals surface area contributed by atoms with Crippen molar-refractivity contribution in [1.29, 1.82) is 0 Å². The molecule has 0 fully saturated rings. The Morgan fingerprint density at radius 1 is 0.149 bits per heavy atom. The molecule has 0 spiro atoms. The molecular weight excluding hydrogens is 1050 g/mol. The highest BCUT2D eigenvalue weighted by atomic mass is 16.3. The molecule has 0 saturated heterocycles. The van der Waals surface area contributed by atoms with Crippen LogP contribution in [0.25, 0.3) is 186 Å². The van der Waals surface area contributed by atoms with Gasteiger partial charge in [-0.3, -0.25) is 0 Å². The maximum absolute atomic E-state index is 6.64. The number of hydrogen-bond donors (Lipinski definition) is 0. The summed E-state index contributed by atoms with van der Waals surface area (Å²) in [7, 11) is 0. The molecule has 0 aliphatic heterocycles. The van der Waals surface area contributed by atoms with E-state index in [2.05, 4.69) is 315 Å². The number of benzene rings is 17. The smallest absolute Gasteiger partial charge is 0.135 e. The van der Waals surface area contributed by atoms with E-state index in [0.29, 0.717) is 0 Å². The standard InChI is InChI=1S/C86H52O/c1-2-19-53(20-3-1)64-26-6-7-27-68(64)85-74-32-12-14-34-76(74)86(77-35-15-13-33-75(77)85)69-38-18-37-66-67(69)44-41-59-49-62-47-55(39-40-57(62)50-78(59)66)56-42-45-81-79(51-56)80-52-61(43-46-82(80)87-81)84-72-30-10-8-28-70(72)83(71-29-9-11-31-73(71)84)60-24-16-23-58(48-60)65-36-17-22-54-21-4-5-25-63(54)65/h1-52H. The molecule has 1 heterocycles. The quantitative estimate of drug-likeness (QED) is 0.115. The van der Waals surface area contributed by atoms with Gasteiger partial charge in [0.05, 0.1) is 0 Å². The zero-order valence-corrected chi connectivity index (χ0v) is 47.4. The minimum Gasteiger partial charge on any atom is -0.456 e. The van der Waals surface area contributed by atoms with E-state index in [1.165, 1.54) is 153 Å². The third kappa shape index (κ3) is 7.80. The van der Waals surface area contributed by atoms with Gasteiger partial charge in [-0.05, 0) is 213 Å². The first kappa shape index (κ1) is 49.1. The Labute approximate surface area is 502 Å². The number of hydrogen-bond acceptors (Lipinski definition) is 1. The fourth-order valence-electron chi connectivity index (χ4n) is 14.7. The van der Waals surface area contributed by atoms with Gasteiger partial charge in [0, 0.05) is 10.8 Å². The van der Waals surface area contributed by atoms with E-state index in [-0.39, 0.29) is 0 Å². The number of rotatable bonds is 7. The average molecular weight is 1100 g/mol. The third-order valence-corrected chi connectivity index (χ3v) is 18.6. The first-order chi connectivity index (χ1) is 43.1. The van der Waals surface area contributed by atoms with E-state index >= 15 is 0 Å². The van der Waals surface area contributed by atoms with Gasteiger partial charge in [-0.15, -0.1) is 0 Å². The minimum absolute atomic E-state index is 0.879. The van der Waals surface area contributed by atoms with Crippen molar-refractivity contribution in [3.05, 3.63) is 315 Å². The van der Waals surface area contributed by atoms with Gasteiger partial charge in [0.25, 0.3) is 0 Å². The Balaban J connectivity index is 0.730. The van der Waals surface area contributed by atoms with Gasteiger partial charge >= 0.3 is 0 Å². The second kappa shape index (κ2) is 19.6. The molecule has 1 nitrogen and oxygen atoms in total. The minimum atomic E-state index is 0.879. The normalized spacial score (nSPS) is 11.9. The summed E-state index contributed by atoms with van der Waals surface area (Å²) in [5.74, 6) is 0. The van der Waals surface area contributed by atoms with Crippen LogP contribution in [-0.2, 0) is 0 Å². The Hall–Kier alpha value is -11.4. The molecule has 402 valence electrons. The largest absolute Gasteiger partial charge is 0.456 e. The van der Waals surface area contributed by atoms with Gasteiger partial charge in [-0.1, -0.05) is 267 Å². The van der Waals surface area contributed by atoms with E-state index in [1.54, 1.807) is 0 Å². The molecule has 0 aliphatic carbocycles. The van der Waals surface area contributed by atoms with E-state index in [1.807, 2.05) is 0 Å². The lowest BCUT2D eigenvalue weighted by atomic mass is 9.82. The number of furan rings is 1. The first-order valence-corrected chi connectivity index (χ1v) is 30.1. The van der Waals surface area contributed by atoms with Crippen molar-refractivity contribution >= 4 is 108 Å². The first-order valence-electron chi connectivity index (χ1n) is 30.1. The summed E-state index contributed by atoms with van der Waals surface area (Å²) >= 11 is 0. The van der Waals surface area contributed by atoms with E-state index < -0.39 is 0 Å². The summed E-state index contributed by atoms with van der Waals surface area (Å²) in [5.41, 5.74) is 18.8. The molecule has 0 radical (unpaired) electrons. The summed E-state index contributed by atoms with van der Waals surface area (Å²) in [6, 6.07) is 117. The lowest BCUT2D eigenvalue weighted by Crippen LogP contribution is -1.93. The van der Waals surface area contributed by atoms with Crippen molar-refractivity contribution in [3.63, 3.8) is 0 Å². The van der Waals surface area contributed by atoms with Crippen LogP contribution in [0.2, 0.25) is 0 Å². The van der Waals surface area contributed by atoms with Crippen LogP contribution in [-0.4, -0.2) is 0 Å². The Kier molecular flexibility index (Phi) is 11.1. The Bertz CT molecular complexity index is 5760. The van der Waals surface area contributed by atoms with Crippen molar-refractivity contribution in [2.75, 3.05) is 0 Å². The highest BCUT2D eigenvalue weighted by Gasteiger charge is 2.22. The van der Waals surface area contributed by atoms with E-state index in [4.69, 9.17) is 4.42 Å². The molecule has 87 heavy (non-hydrogen) atoms. The molecule has 18 rings (SSSR count). The fourth-order valence-corrected chi connectivity index (χ4v) is 14.7. The van der Waals surface area contributed by atoms with Gasteiger partial charge in [-0.2, -0.15) is 0 Å². The average Bonchev–Trinajstić information content (AvgIpc) is 0.946. The summed E-state index contributed by atoms with van der Waals surface area (Å²) in [5, 5.41) is 22.0. The summed E-state index contributed by atoms with van der Waals surface area (Å²) in [6.07, 6.45) is 0.